The number of rotatable bonds is 1. The van der Waals surface area contributed by atoms with Gasteiger partial charge in [0.1, 0.15) is 5.75 Å². The van der Waals surface area contributed by atoms with E-state index in [9.17, 15) is 0 Å². The second-order valence-electron chi connectivity index (χ2n) is 1.98. The van der Waals surface area contributed by atoms with E-state index in [-0.39, 0.29) is 6.02 Å². The molecule has 0 aromatic heterocycles. The molecule has 1 aromatic rings. The van der Waals surface area contributed by atoms with Crippen LogP contribution in [0.3, 0.4) is 0 Å². The molecule has 2 N–H and O–H groups in total. The quantitative estimate of drug-likeness (QED) is 0.479. The van der Waals surface area contributed by atoms with E-state index >= 15 is 0 Å². The van der Waals surface area contributed by atoms with Gasteiger partial charge in [0, 0.05) is 7.05 Å². The van der Waals surface area contributed by atoms with Crippen LogP contribution in [0.5, 0.6) is 5.75 Å². The van der Waals surface area contributed by atoms with E-state index < -0.39 is 0 Å². The van der Waals surface area contributed by atoms with Gasteiger partial charge in [0.2, 0.25) is 0 Å². The minimum Gasteiger partial charge on any atom is -0.426 e. The van der Waals surface area contributed by atoms with Crippen LogP contribution in [0.4, 0.5) is 0 Å². The summed E-state index contributed by atoms with van der Waals surface area (Å²) in [5, 5.41) is 0. The highest BCUT2D eigenvalue weighted by Crippen LogP contribution is 2.07. The molecule has 58 valence electrons. The van der Waals surface area contributed by atoms with Crippen molar-refractivity contribution in [2.24, 2.45) is 10.7 Å². The molecule has 1 rings (SSSR count). The molecular weight excluding hydrogens is 140 g/mol. The first kappa shape index (κ1) is 7.60. The van der Waals surface area contributed by atoms with Gasteiger partial charge in [-0.2, -0.15) is 0 Å². The minimum absolute atomic E-state index is 0.177. The second-order valence-corrected chi connectivity index (χ2v) is 1.98. The van der Waals surface area contributed by atoms with Crippen LogP contribution in [-0.2, 0) is 0 Å². The fraction of sp³-hybridized carbons (Fsp3) is 0.125. The molecule has 0 aliphatic rings. The van der Waals surface area contributed by atoms with Crippen LogP contribution in [-0.4, -0.2) is 13.1 Å². The summed E-state index contributed by atoms with van der Waals surface area (Å²) in [7, 11) is 1.58. The Kier molecular flexibility index (Phi) is 2.49. The van der Waals surface area contributed by atoms with Crippen molar-refractivity contribution in [1.29, 1.82) is 0 Å². The lowest BCUT2D eigenvalue weighted by Gasteiger charge is -2.01. The molecule has 0 fully saturated rings. The fourth-order valence-corrected chi connectivity index (χ4v) is 0.655. The molecule has 0 unspecified atom stereocenters. The summed E-state index contributed by atoms with van der Waals surface area (Å²) >= 11 is 0. The van der Waals surface area contributed by atoms with Crippen molar-refractivity contribution in [2.45, 2.75) is 0 Å². The Hall–Kier alpha value is -1.51. The van der Waals surface area contributed by atoms with Gasteiger partial charge >= 0.3 is 0 Å². The molecule has 1 aromatic carbocycles. The van der Waals surface area contributed by atoms with Gasteiger partial charge in [0.25, 0.3) is 6.02 Å². The number of aliphatic imine (C=N–C) groups is 1. The van der Waals surface area contributed by atoms with Crippen LogP contribution in [0.25, 0.3) is 0 Å². The molecule has 0 radical (unpaired) electrons. The number of hydrogen-bond donors (Lipinski definition) is 1. The van der Waals surface area contributed by atoms with Crippen molar-refractivity contribution in [3.05, 3.63) is 30.3 Å². The lowest BCUT2D eigenvalue weighted by molar-refractivity contribution is 0.541. The first-order valence-corrected chi connectivity index (χ1v) is 3.28. The lowest BCUT2D eigenvalue weighted by atomic mass is 10.3. The third-order valence-electron chi connectivity index (χ3n) is 1.19. The van der Waals surface area contributed by atoms with E-state index in [0.29, 0.717) is 5.75 Å². The van der Waals surface area contributed by atoms with Crippen molar-refractivity contribution >= 4 is 6.02 Å². The van der Waals surface area contributed by atoms with Gasteiger partial charge in [0.15, 0.2) is 0 Å². The summed E-state index contributed by atoms with van der Waals surface area (Å²) in [6.07, 6.45) is 0. The van der Waals surface area contributed by atoms with Crippen molar-refractivity contribution in [3.8, 4) is 5.75 Å². The topological polar surface area (TPSA) is 47.6 Å². The summed E-state index contributed by atoms with van der Waals surface area (Å²) in [4.78, 5) is 3.66. The highest BCUT2D eigenvalue weighted by Gasteiger charge is 1.92. The van der Waals surface area contributed by atoms with Crippen LogP contribution >= 0.6 is 0 Å². The summed E-state index contributed by atoms with van der Waals surface area (Å²) in [6.45, 7) is 0. The number of ether oxygens (including phenoxy) is 1. The molecular formula is C8H10N2O. The van der Waals surface area contributed by atoms with E-state index in [1.54, 1.807) is 7.05 Å². The maximum Gasteiger partial charge on any atom is 0.287 e. The van der Waals surface area contributed by atoms with Gasteiger partial charge in [-0.25, -0.2) is 4.99 Å². The molecule has 11 heavy (non-hydrogen) atoms. The molecule has 3 heteroatoms. The molecule has 0 spiro atoms. The lowest BCUT2D eigenvalue weighted by Crippen LogP contribution is -2.18. The number of amidine groups is 1. The SMILES string of the molecule is CN=C(N)Oc1ccccc1. The molecule has 0 saturated carbocycles. The third kappa shape index (κ3) is 2.29. The Morgan fingerprint density at radius 2 is 2.00 bits per heavy atom. The smallest absolute Gasteiger partial charge is 0.287 e. The molecule has 0 heterocycles. The van der Waals surface area contributed by atoms with Crippen molar-refractivity contribution in [2.75, 3.05) is 7.05 Å². The Morgan fingerprint density at radius 1 is 1.36 bits per heavy atom. The van der Waals surface area contributed by atoms with Crippen LogP contribution in [0, 0.1) is 0 Å². The Morgan fingerprint density at radius 3 is 2.55 bits per heavy atom. The molecule has 0 bridgehead atoms. The van der Waals surface area contributed by atoms with Gasteiger partial charge in [-0.15, -0.1) is 0 Å². The first-order valence-electron chi connectivity index (χ1n) is 3.28. The Bertz CT molecular complexity index is 244. The molecule has 3 nitrogen and oxygen atoms in total. The predicted molar refractivity (Wildman–Crippen MR) is 44.6 cm³/mol. The third-order valence-corrected chi connectivity index (χ3v) is 1.19. The molecule has 0 aliphatic heterocycles. The zero-order chi connectivity index (χ0) is 8.10. The molecule has 0 amide bonds. The van der Waals surface area contributed by atoms with Crippen molar-refractivity contribution in [3.63, 3.8) is 0 Å². The van der Waals surface area contributed by atoms with Gasteiger partial charge in [-0.05, 0) is 12.1 Å². The van der Waals surface area contributed by atoms with Crippen molar-refractivity contribution < 1.29 is 4.74 Å². The summed E-state index contributed by atoms with van der Waals surface area (Å²) in [5.41, 5.74) is 5.33. The zero-order valence-electron chi connectivity index (χ0n) is 6.32. The van der Waals surface area contributed by atoms with E-state index in [1.165, 1.54) is 0 Å². The maximum atomic E-state index is 5.33. The number of hydrogen-bond acceptors (Lipinski definition) is 2. The zero-order valence-corrected chi connectivity index (χ0v) is 6.32. The van der Waals surface area contributed by atoms with Crippen LogP contribution in [0.1, 0.15) is 0 Å². The molecule has 0 aliphatic carbocycles. The highest BCUT2D eigenvalue weighted by molar-refractivity contribution is 5.73. The average Bonchev–Trinajstić information content (AvgIpc) is 2.06. The summed E-state index contributed by atoms with van der Waals surface area (Å²) in [5.74, 6) is 0.704. The Labute approximate surface area is 65.5 Å². The molecule has 0 atom stereocenters. The van der Waals surface area contributed by atoms with Crippen LogP contribution in [0.15, 0.2) is 35.3 Å². The number of nitrogens with two attached hydrogens (primary N) is 1. The Balaban J connectivity index is 2.65. The maximum absolute atomic E-state index is 5.33. The van der Waals surface area contributed by atoms with Gasteiger partial charge < -0.3 is 10.5 Å². The monoisotopic (exact) mass is 150 g/mol. The summed E-state index contributed by atoms with van der Waals surface area (Å²) in [6, 6.07) is 9.47. The number of nitrogens with zero attached hydrogens (tertiary/aromatic N) is 1. The molecule has 0 saturated heterocycles. The van der Waals surface area contributed by atoms with Gasteiger partial charge in [0.05, 0.1) is 0 Å². The summed E-state index contributed by atoms with van der Waals surface area (Å²) < 4.78 is 5.09. The van der Waals surface area contributed by atoms with E-state index in [2.05, 4.69) is 4.99 Å². The number of benzene rings is 1. The first-order chi connectivity index (χ1) is 5.33. The van der Waals surface area contributed by atoms with Crippen LogP contribution < -0.4 is 10.5 Å². The normalized spacial score (nSPS) is 11.2. The average molecular weight is 150 g/mol. The predicted octanol–water partition coefficient (Wildman–Crippen LogP) is 1.01. The van der Waals surface area contributed by atoms with Gasteiger partial charge in [-0.3, -0.25) is 0 Å². The highest BCUT2D eigenvalue weighted by atomic mass is 16.5. The second kappa shape index (κ2) is 3.61. The van der Waals surface area contributed by atoms with Crippen molar-refractivity contribution in [1.82, 2.24) is 0 Å². The van der Waals surface area contributed by atoms with Gasteiger partial charge in [-0.1, -0.05) is 18.2 Å². The van der Waals surface area contributed by atoms with Crippen LogP contribution in [0.2, 0.25) is 0 Å². The minimum atomic E-state index is 0.177. The number of para-hydroxylation sites is 1. The van der Waals surface area contributed by atoms with E-state index in [0.717, 1.165) is 0 Å². The fourth-order valence-electron chi connectivity index (χ4n) is 0.655. The standard InChI is InChI=1S/C8H10N2O/c1-10-8(9)11-7-5-3-2-4-6-7/h2-6H,1H3,(H2,9,10). The van der Waals surface area contributed by atoms with E-state index in [1.807, 2.05) is 30.3 Å². The van der Waals surface area contributed by atoms with E-state index in [4.69, 9.17) is 10.5 Å². The largest absolute Gasteiger partial charge is 0.426 e.